The molecule has 0 saturated heterocycles. The Morgan fingerprint density at radius 3 is 2.18 bits per heavy atom. The van der Waals surface area contributed by atoms with Gasteiger partial charge in [0, 0.05) is 12.6 Å². The van der Waals surface area contributed by atoms with E-state index in [0.717, 1.165) is 12.0 Å². The van der Waals surface area contributed by atoms with Gasteiger partial charge in [-0.1, -0.05) is 76.0 Å². The Morgan fingerprint density at radius 2 is 1.65 bits per heavy atom. The van der Waals surface area contributed by atoms with Gasteiger partial charge < -0.3 is 15.0 Å². The highest BCUT2D eigenvalue weighted by molar-refractivity contribution is 6.42. The van der Waals surface area contributed by atoms with E-state index in [0.29, 0.717) is 22.2 Å². The molecule has 0 bridgehead atoms. The molecule has 34 heavy (non-hydrogen) atoms. The van der Waals surface area contributed by atoms with Gasteiger partial charge in [-0.25, -0.2) is 0 Å². The van der Waals surface area contributed by atoms with E-state index < -0.39 is 6.04 Å². The Hall–Kier alpha value is -2.24. The first kappa shape index (κ1) is 28.0. The highest BCUT2D eigenvalue weighted by Crippen LogP contribution is 2.25. The summed E-state index contributed by atoms with van der Waals surface area (Å²) in [5.74, 6) is 0.143. The monoisotopic (exact) mass is 506 g/mol. The van der Waals surface area contributed by atoms with Crippen LogP contribution >= 0.6 is 23.2 Å². The number of carbonyl (C=O) groups is 2. The standard InChI is InChI=1S/C27H36Cl2N2O3/c1-7-18(3)30-26(33)24(8-2)31(16-19-9-14-22(28)23(29)15-19)25(32)17-34-21-12-10-20(11-13-21)27(4,5)6/h9-15,18,24H,7-8,16-17H2,1-6H3,(H,30,33)/t18-,24+/m0/s1. The van der Waals surface area contributed by atoms with Crippen molar-refractivity contribution in [2.24, 2.45) is 0 Å². The fourth-order valence-corrected chi connectivity index (χ4v) is 3.80. The van der Waals surface area contributed by atoms with Crippen LogP contribution in [0.5, 0.6) is 5.75 Å². The molecule has 0 aromatic heterocycles. The van der Waals surface area contributed by atoms with Gasteiger partial charge in [0.1, 0.15) is 11.8 Å². The molecule has 0 spiro atoms. The zero-order chi connectivity index (χ0) is 25.5. The molecule has 2 amide bonds. The molecule has 5 nitrogen and oxygen atoms in total. The molecule has 0 aliphatic carbocycles. The lowest BCUT2D eigenvalue weighted by Crippen LogP contribution is -2.51. The molecule has 0 saturated carbocycles. The van der Waals surface area contributed by atoms with Gasteiger partial charge in [-0.05, 0) is 60.6 Å². The maximum atomic E-state index is 13.3. The second-order valence-electron chi connectivity index (χ2n) is 9.58. The Kier molecular flexibility index (Phi) is 10.3. The molecule has 0 aliphatic rings. The second kappa shape index (κ2) is 12.5. The van der Waals surface area contributed by atoms with E-state index in [1.54, 1.807) is 23.1 Å². The number of nitrogens with one attached hydrogen (secondary N) is 1. The van der Waals surface area contributed by atoms with Crippen molar-refractivity contribution < 1.29 is 14.3 Å². The zero-order valence-corrected chi connectivity index (χ0v) is 22.5. The topological polar surface area (TPSA) is 58.6 Å². The predicted octanol–water partition coefficient (Wildman–Crippen LogP) is 6.39. The average Bonchev–Trinajstić information content (AvgIpc) is 2.79. The number of nitrogens with zero attached hydrogens (tertiary/aromatic N) is 1. The molecule has 0 aliphatic heterocycles. The summed E-state index contributed by atoms with van der Waals surface area (Å²) in [4.78, 5) is 27.9. The van der Waals surface area contributed by atoms with Crippen LogP contribution in [-0.2, 0) is 21.5 Å². The minimum Gasteiger partial charge on any atom is -0.484 e. The van der Waals surface area contributed by atoms with Gasteiger partial charge >= 0.3 is 0 Å². The van der Waals surface area contributed by atoms with Crippen molar-refractivity contribution in [1.29, 1.82) is 0 Å². The molecule has 0 radical (unpaired) electrons. The number of benzene rings is 2. The van der Waals surface area contributed by atoms with Crippen molar-refractivity contribution in [3.05, 3.63) is 63.6 Å². The normalized spacial score (nSPS) is 13.2. The molecule has 0 heterocycles. The predicted molar refractivity (Wildman–Crippen MR) is 140 cm³/mol. The maximum absolute atomic E-state index is 13.3. The Morgan fingerprint density at radius 1 is 1.00 bits per heavy atom. The minimum atomic E-state index is -0.636. The van der Waals surface area contributed by atoms with Crippen molar-refractivity contribution >= 4 is 35.0 Å². The molecule has 2 aromatic rings. The largest absolute Gasteiger partial charge is 0.484 e. The molecule has 2 aromatic carbocycles. The zero-order valence-electron chi connectivity index (χ0n) is 21.0. The van der Waals surface area contributed by atoms with Crippen LogP contribution in [0.3, 0.4) is 0 Å². The summed E-state index contributed by atoms with van der Waals surface area (Å²) in [5, 5.41) is 3.83. The molecule has 186 valence electrons. The lowest BCUT2D eigenvalue weighted by molar-refractivity contribution is -0.143. The number of hydrogen-bond acceptors (Lipinski definition) is 3. The Bertz CT molecular complexity index is 971. The molecular weight excluding hydrogens is 471 g/mol. The van der Waals surface area contributed by atoms with Crippen LogP contribution in [0.1, 0.15) is 65.5 Å². The molecule has 0 fully saturated rings. The molecule has 7 heteroatoms. The summed E-state index contributed by atoms with van der Waals surface area (Å²) in [6, 6.07) is 12.3. The highest BCUT2D eigenvalue weighted by atomic mass is 35.5. The fourth-order valence-electron chi connectivity index (χ4n) is 3.47. The van der Waals surface area contributed by atoms with E-state index in [4.69, 9.17) is 27.9 Å². The molecule has 1 N–H and O–H groups in total. The Labute approximate surface area is 213 Å². The van der Waals surface area contributed by atoms with Gasteiger partial charge in [-0.15, -0.1) is 0 Å². The third-order valence-electron chi connectivity index (χ3n) is 5.81. The first-order valence-corrected chi connectivity index (χ1v) is 12.5. The number of hydrogen-bond donors (Lipinski definition) is 1. The van der Waals surface area contributed by atoms with Crippen molar-refractivity contribution in [3.8, 4) is 5.75 Å². The summed E-state index contributed by atoms with van der Waals surface area (Å²) in [6.07, 6.45) is 1.27. The number of amides is 2. The number of ether oxygens (including phenoxy) is 1. The third kappa shape index (κ3) is 7.92. The van der Waals surface area contributed by atoms with Crippen molar-refractivity contribution in [3.63, 3.8) is 0 Å². The summed E-state index contributed by atoms with van der Waals surface area (Å²) in [7, 11) is 0. The van der Waals surface area contributed by atoms with E-state index in [2.05, 4.69) is 26.1 Å². The molecule has 2 atom stereocenters. The first-order valence-electron chi connectivity index (χ1n) is 11.7. The highest BCUT2D eigenvalue weighted by Gasteiger charge is 2.29. The van der Waals surface area contributed by atoms with Crippen LogP contribution in [0, 0.1) is 0 Å². The van der Waals surface area contributed by atoms with E-state index >= 15 is 0 Å². The van der Waals surface area contributed by atoms with Crippen LogP contribution in [0.15, 0.2) is 42.5 Å². The van der Waals surface area contributed by atoms with Gasteiger partial charge in [-0.2, -0.15) is 0 Å². The van der Waals surface area contributed by atoms with Crippen molar-refractivity contribution in [1.82, 2.24) is 10.2 Å². The quantitative estimate of drug-likeness (QED) is 0.405. The number of carbonyl (C=O) groups excluding carboxylic acids is 2. The van der Waals surface area contributed by atoms with Gasteiger partial charge in [0.25, 0.3) is 5.91 Å². The smallest absolute Gasteiger partial charge is 0.261 e. The van der Waals surface area contributed by atoms with Crippen molar-refractivity contribution in [2.75, 3.05) is 6.61 Å². The third-order valence-corrected chi connectivity index (χ3v) is 6.55. The van der Waals surface area contributed by atoms with E-state index in [1.165, 1.54) is 5.56 Å². The van der Waals surface area contributed by atoms with Crippen LogP contribution in [-0.4, -0.2) is 35.4 Å². The molecular formula is C27H36Cl2N2O3. The van der Waals surface area contributed by atoms with E-state index in [9.17, 15) is 9.59 Å². The summed E-state index contributed by atoms with van der Waals surface area (Å²) in [6.45, 7) is 12.3. The second-order valence-corrected chi connectivity index (χ2v) is 10.4. The summed E-state index contributed by atoms with van der Waals surface area (Å²) >= 11 is 12.2. The van der Waals surface area contributed by atoms with Crippen LogP contribution in [0.2, 0.25) is 10.0 Å². The van der Waals surface area contributed by atoms with Gasteiger partial charge in [-0.3, -0.25) is 9.59 Å². The maximum Gasteiger partial charge on any atom is 0.261 e. The SMILES string of the molecule is CC[C@H](C(=O)N[C@@H](C)CC)N(Cc1ccc(Cl)c(Cl)c1)C(=O)COc1ccc(C(C)(C)C)cc1. The number of halogens is 2. The fraction of sp³-hybridized carbons (Fsp3) is 0.481. The molecule has 2 rings (SSSR count). The first-order chi connectivity index (χ1) is 16.0. The average molecular weight is 508 g/mol. The van der Waals surface area contributed by atoms with E-state index in [-0.39, 0.29) is 36.4 Å². The lowest BCUT2D eigenvalue weighted by Gasteiger charge is -2.31. The lowest BCUT2D eigenvalue weighted by atomic mass is 9.87. The Balaban J connectivity index is 2.23. The van der Waals surface area contributed by atoms with Crippen LogP contribution < -0.4 is 10.1 Å². The summed E-state index contributed by atoms with van der Waals surface area (Å²) < 4.78 is 5.80. The van der Waals surface area contributed by atoms with Gasteiger partial charge in [0.2, 0.25) is 5.91 Å². The number of rotatable bonds is 10. The molecule has 0 unspecified atom stereocenters. The van der Waals surface area contributed by atoms with Gasteiger partial charge in [0.15, 0.2) is 6.61 Å². The van der Waals surface area contributed by atoms with Crippen LogP contribution in [0.25, 0.3) is 0 Å². The van der Waals surface area contributed by atoms with Crippen molar-refractivity contribution in [2.45, 2.75) is 78.4 Å². The minimum absolute atomic E-state index is 0.0149. The van der Waals surface area contributed by atoms with Crippen LogP contribution in [0.4, 0.5) is 0 Å². The van der Waals surface area contributed by atoms with Gasteiger partial charge in [0.05, 0.1) is 10.0 Å². The summed E-state index contributed by atoms with van der Waals surface area (Å²) in [5.41, 5.74) is 2.00. The van der Waals surface area contributed by atoms with E-state index in [1.807, 2.05) is 45.0 Å².